The van der Waals surface area contributed by atoms with Crippen molar-refractivity contribution in [3.8, 4) is 6.07 Å². The Hall–Kier alpha value is -2.06. The Morgan fingerprint density at radius 1 is 1.42 bits per heavy atom. The number of nitrogens with zero attached hydrogens (tertiary/aromatic N) is 2. The molecule has 0 aliphatic carbocycles. The first-order valence-electron chi connectivity index (χ1n) is 6.25. The molecule has 1 aromatic carbocycles. The molecule has 1 amide bonds. The zero-order chi connectivity index (χ0) is 13.7. The van der Waals surface area contributed by atoms with Crippen LogP contribution in [0, 0.1) is 11.3 Å². The maximum Gasteiger partial charge on any atom is 0.408 e. The summed E-state index contributed by atoms with van der Waals surface area (Å²) < 4.78 is 5.56. The zero-order valence-electron chi connectivity index (χ0n) is 10.5. The summed E-state index contributed by atoms with van der Waals surface area (Å²) >= 11 is 0. The van der Waals surface area contributed by atoms with E-state index in [0.29, 0.717) is 26.1 Å². The maximum atomic E-state index is 11.1. The molecule has 0 unspecified atom stereocenters. The molecule has 0 bridgehead atoms. The average Bonchev–Trinajstić information content (AvgIpc) is 2.83. The minimum atomic E-state index is -1.04. The fourth-order valence-electron chi connectivity index (χ4n) is 2.35. The smallest absolute Gasteiger partial charge is 0.408 e. The molecule has 5 nitrogen and oxygen atoms in total. The van der Waals surface area contributed by atoms with Crippen LogP contribution in [-0.2, 0) is 11.3 Å². The number of carboxylic acid groups (broad SMARTS) is 1. The molecule has 5 heteroatoms. The number of likely N-dealkylation sites (tertiary alicyclic amines) is 1. The minimum Gasteiger partial charge on any atom is -0.465 e. The average molecular weight is 260 g/mol. The maximum absolute atomic E-state index is 11.1. The van der Waals surface area contributed by atoms with E-state index < -0.39 is 12.1 Å². The van der Waals surface area contributed by atoms with Gasteiger partial charge in [-0.3, -0.25) is 4.90 Å². The molecule has 1 aromatic rings. The summed E-state index contributed by atoms with van der Waals surface area (Å²) in [7, 11) is 0. The molecule has 2 rings (SSSR count). The molecule has 1 heterocycles. The van der Waals surface area contributed by atoms with E-state index >= 15 is 0 Å². The van der Waals surface area contributed by atoms with Crippen LogP contribution in [0.5, 0.6) is 0 Å². The van der Waals surface area contributed by atoms with Gasteiger partial charge in [-0.25, -0.2) is 4.79 Å². The number of rotatable bonds is 4. The van der Waals surface area contributed by atoms with Gasteiger partial charge in [-0.1, -0.05) is 30.3 Å². The van der Waals surface area contributed by atoms with Crippen LogP contribution in [0.4, 0.5) is 4.79 Å². The highest BCUT2D eigenvalue weighted by Gasteiger charge is 2.37. The van der Waals surface area contributed by atoms with Crippen molar-refractivity contribution in [1.82, 2.24) is 4.90 Å². The summed E-state index contributed by atoms with van der Waals surface area (Å²) in [4.78, 5) is 12.3. The summed E-state index contributed by atoms with van der Waals surface area (Å²) in [6, 6.07) is 11.0. The van der Waals surface area contributed by atoms with Crippen LogP contribution in [-0.4, -0.2) is 34.8 Å². The molecule has 0 spiro atoms. The Bertz CT molecular complexity index is 469. The van der Waals surface area contributed by atoms with Crippen molar-refractivity contribution in [2.45, 2.75) is 31.5 Å². The monoisotopic (exact) mass is 260 g/mol. The van der Waals surface area contributed by atoms with Gasteiger partial charge in [-0.2, -0.15) is 5.26 Å². The first-order valence-corrected chi connectivity index (χ1v) is 6.25. The largest absolute Gasteiger partial charge is 0.465 e. The third-order valence-electron chi connectivity index (χ3n) is 3.29. The molecule has 1 fully saturated rings. The number of amides is 1. The normalized spacial score (nSPS) is 22.2. The van der Waals surface area contributed by atoms with E-state index in [4.69, 9.17) is 15.1 Å². The van der Waals surface area contributed by atoms with Gasteiger partial charge in [0.05, 0.1) is 25.3 Å². The number of carbonyl (C=O) groups is 1. The van der Waals surface area contributed by atoms with E-state index in [2.05, 4.69) is 0 Å². The Labute approximate surface area is 112 Å². The fourth-order valence-corrected chi connectivity index (χ4v) is 2.35. The summed E-state index contributed by atoms with van der Waals surface area (Å²) in [5.74, 6) is 0. The highest BCUT2D eigenvalue weighted by Crippen LogP contribution is 2.24. The molecular formula is C14H16N2O3. The van der Waals surface area contributed by atoms with Crippen molar-refractivity contribution < 1.29 is 14.6 Å². The molecule has 0 radical (unpaired) electrons. The molecule has 100 valence electrons. The molecule has 1 saturated heterocycles. The van der Waals surface area contributed by atoms with E-state index in [0.717, 1.165) is 5.56 Å². The lowest BCUT2D eigenvalue weighted by Gasteiger charge is -2.23. The Kier molecular flexibility index (Phi) is 4.37. The van der Waals surface area contributed by atoms with Crippen molar-refractivity contribution in [3.05, 3.63) is 35.9 Å². The summed E-state index contributed by atoms with van der Waals surface area (Å²) in [6.45, 7) is 0.793. The fraction of sp³-hybridized carbons (Fsp3) is 0.429. The van der Waals surface area contributed by atoms with Gasteiger partial charge < -0.3 is 9.84 Å². The number of benzene rings is 1. The quantitative estimate of drug-likeness (QED) is 0.901. The Morgan fingerprint density at radius 3 is 2.79 bits per heavy atom. The van der Waals surface area contributed by atoms with E-state index in [9.17, 15) is 4.79 Å². The van der Waals surface area contributed by atoms with Crippen LogP contribution in [0.15, 0.2) is 30.3 Å². The highest BCUT2D eigenvalue weighted by molar-refractivity contribution is 5.67. The molecule has 1 aliphatic rings. The van der Waals surface area contributed by atoms with Crippen LogP contribution < -0.4 is 0 Å². The topological polar surface area (TPSA) is 73.6 Å². The van der Waals surface area contributed by atoms with Gasteiger partial charge in [-0.15, -0.1) is 0 Å². The van der Waals surface area contributed by atoms with Crippen molar-refractivity contribution in [2.75, 3.05) is 6.61 Å². The summed E-state index contributed by atoms with van der Waals surface area (Å²) in [5.41, 5.74) is 1.05. The predicted molar refractivity (Wildman–Crippen MR) is 68.4 cm³/mol. The van der Waals surface area contributed by atoms with Gasteiger partial charge in [0.25, 0.3) is 0 Å². The van der Waals surface area contributed by atoms with Crippen molar-refractivity contribution in [3.63, 3.8) is 0 Å². The first-order chi connectivity index (χ1) is 9.22. The van der Waals surface area contributed by atoms with Crippen molar-refractivity contribution in [2.24, 2.45) is 0 Å². The van der Waals surface area contributed by atoms with Gasteiger partial charge in [0.15, 0.2) is 0 Å². The third kappa shape index (κ3) is 3.24. The van der Waals surface area contributed by atoms with Crippen molar-refractivity contribution >= 4 is 6.09 Å². The number of ether oxygens (including phenoxy) is 1. The second kappa shape index (κ2) is 6.21. The molecule has 1 N–H and O–H groups in total. The molecule has 0 saturated carbocycles. The Morgan fingerprint density at radius 2 is 2.16 bits per heavy atom. The number of hydrogen-bond acceptors (Lipinski definition) is 3. The molecule has 0 aromatic heterocycles. The highest BCUT2D eigenvalue weighted by atomic mass is 16.5. The Balaban J connectivity index is 1.86. The lowest BCUT2D eigenvalue weighted by atomic mass is 10.2. The second-order valence-corrected chi connectivity index (χ2v) is 4.57. The van der Waals surface area contributed by atoms with Gasteiger partial charge in [0.2, 0.25) is 0 Å². The SMILES string of the molecule is N#C[C@@H]1CC[C@@H](COCc2ccccc2)N1C(=O)O. The van der Waals surface area contributed by atoms with Crippen LogP contribution >= 0.6 is 0 Å². The third-order valence-corrected chi connectivity index (χ3v) is 3.29. The van der Waals surface area contributed by atoms with Crippen molar-refractivity contribution in [1.29, 1.82) is 5.26 Å². The molecule has 1 aliphatic heterocycles. The minimum absolute atomic E-state index is 0.217. The standard InChI is InChI=1S/C14H16N2O3/c15-8-12-6-7-13(16(12)14(17)18)10-19-9-11-4-2-1-3-5-11/h1-5,12-13H,6-7,9-10H2,(H,17,18)/t12-,13-/m0/s1. The molecule has 19 heavy (non-hydrogen) atoms. The van der Waals surface area contributed by atoms with Gasteiger partial charge in [0.1, 0.15) is 6.04 Å². The van der Waals surface area contributed by atoms with Crippen LogP contribution in [0.3, 0.4) is 0 Å². The lowest BCUT2D eigenvalue weighted by molar-refractivity contribution is 0.0593. The first kappa shape index (κ1) is 13.4. The molecular weight excluding hydrogens is 244 g/mol. The van der Waals surface area contributed by atoms with E-state index in [-0.39, 0.29) is 6.04 Å². The van der Waals surface area contributed by atoms with Gasteiger partial charge in [0, 0.05) is 0 Å². The van der Waals surface area contributed by atoms with E-state index in [1.54, 1.807) is 0 Å². The predicted octanol–water partition coefficient (Wildman–Crippen LogP) is 2.24. The molecule has 2 atom stereocenters. The van der Waals surface area contributed by atoms with Crippen LogP contribution in [0.25, 0.3) is 0 Å². The number of hydrogen-bond donors (Lipinski definition) is 1. The van der Waals surface area contributed by atoms with Crippen LogP contribution in [0.2, 0.25) is 0 Å². The lowest BCUT2D eigenvalue weighted by Crippen LogP contribution is -2.41. The number of nitriles is 1. The zero-order valence-corrected chi connectivity index (χ0v) is 10.5. The van der Waals surface area contributed by atoms with E-state index in [1.165, 1.54) is 4.90 Å². The summed E-state index contributed by atoms with van der Waals surface area (Å²) in [5, 5.41) is 18.0. The van der Waals surface area contributed by atoms with Gasteiger partial charge >= 0.3 is 6.09 Å². The van der Waals surface area contributed by atoms with E-state index in [1.807, 2.05) is 36.4 Å². The van der Waals surface area contributed by atoms with Crippen LogP contribution in [0.1, 0.15) is 18.4 Å². The second-order valence-electron chi connectivity index (χ2n) is 4.57. The summed E-state index contributed by atoms with van der Waals surface area (Å²) in [6.07, 6.45) is 0.221. The van der Waals surface area contributed by atoms with Gasteiger partial charge in [-0.05, 0) is 18.4 Å².